The normalized spacial score (nSPS) is 19.8. The second kappa shape index (κ2) is 9.17. The molecule has 5 N–H and O–H groups in total. The quantitative estimate of drug-likeness (QED) is 0.491. The van der Waals surface area contributed by atoms with E-state index in [1.165, 1.54) is 11.7 Å². The molecule has 2 amide bonds. The van der Waals surface area contributed by atoms with Crippen LogP contribution in [0.2, 0.25) is 0 Å². The number of aromatic nitrogens is 3. The van der Waals surface area contributed by atoms with Crippen LogP contribution >= 0.6 is 11.7 Å². The number of aryl methyl sites for hydroxylation is 1. The van der Waals surface area contributed by atoms with Crippen molar-refractivity contribution in [1.29, 1.82) is 0 Å². The number of primary amides is 1. The Balaban J connectivity index is 1.41. The molecule has 4 rings (SSSR count). The molecule has 32 heavy (non-hydrogen) atoms. The number of nitrogens with two attached hydrogens (primary N) is 2. The number of benzene rings is 1. The molecule has 0 aliphatic carbocycles. The number of rotatable bonds is 7. The van der Waals surface area contributed by atoms with Gasteiger partial charge in [0.25, 0.3) is 0 Å². The molecule has 0 radical (unpaired) electrons. The molecular formula is C22H27N7O2S. The lowest BCUT2D eigenvalue weighted by Crippen LogP contribution is -2.51. The summed E-state index contributed by atoms with van der Waals surface area (Å²) in [4.78, 5) is 31.1. The number of hydrogen-bond acceptors (Lipinski definition) is 8. The first kappa shape index (κ1) is 22.1. The molecule has 3 atom stereocenters. The molecule has 0 spiro atoms. The Morgan fingerprint density at radius 1 is 1.25 bits per heavy atom. The second-order valence-corrected chi connectivity index (χ2v) is 8.91. The minimum Gasteiger partial charge on any atom is -0.384 e. The van der Waals surface area contributed by atoms with E-state index >= 15 is 0 Å². The molecule has 10 heteroatoms. The summed E-state index contributed by atoms with van der Waals surface area (Å²) in [6.07, 6.45) is 1.42. The number of carbonyl (C=O) groups is 2. The van der Waals surface area contributed by atoms with E-state index in [1.807, 2.05) is 43.0 Å². The summed E-state index contributed by atoms with van der Waals surface area (Å²) in [6.45, 7) is 4.64. The highest BCUT2D eigenvalue weighted by atomic mass is 32.1. The zero-order valence-corrected chi connectivity index (χ0v) is 18.9. The number of pyridine rings is 1. The van der Waals surface area contributed by atoms with Crippen molar-refractivity contribution in [3.63, 3.8) is 0 Å². The minimum absolute atomic E-state index is 0.150. The van der Waals surface area contributed by atoms with Crippen LogP contribution < -0.4 is 16.8 Å². The molecule has 3 aromatic rings. The van der Waals surface area contributed by atoms with Gasteiger partial charge in [-0.2, -0.15) is 8.75 Å². The van der Waals surface area contributed by atoms with Crippen LogP contribution in [0.25, 0.3) is 11.0 Å². The van der Waals surface area contributed by atoms with Crippen molar-refractivity contribution in [2.45, 2.75) is 45.3 Å². The summed E-state index contributed by atoms with van der Waals surface area (Å²) < 4.78 is 8.54. The van der Waals surface area contributed by atoms with E-state index in [2.05, 4.69) is 19.0 Å². The molecule has 2 unspecified atom stereocenters. The van der Waals surface area contributed by atoms with Crippen LogP contribution in [0, 0.1) is 12.8 Å². The molecule has 1 aliphatic heterocycles. The molecule has 2 aromatic heterocycles. The van der Waals surface area contributed by atoms with Crippen LogP contribution in [-0.2, 0) is 22.6 Å². The second-order valence-electron chi connectivity index (χ2n) is 8.38. The number of nitrogen functional groups attached to an aromatic ring is 1. The summed E-state index contributed by atoms with van der Waals surface area (Å²) >= 11 is 1.20. The van der Waals surface area contributed by atoms with E-state index in [0.717, 1.165) is 34.3 Å². The van der Waals surface area contributed by atoms with Gasteiger partial charge < -0.3 is 16.8 Å². The summed E-state index contributed by atoms with van der Waals surface area (Å²) in [5.41, 5.74) is 16.0. The zero-order chi connectivity index (χ0) is 22.8. The molecule has 1 saturated heterocycles. The molecule has 168 valence electrons. The van der Waals surface area contributed by atoms with Crippen molar-refractivity contribution in [3.05, 3.63) is 47.2 Å². The van der Waals surface area contributed by atoms with Crippen LogP contribution in [-0.4, -0.2) is 49.1 Å². The fourth-order valence-corrected chi connectivity index (χ4v) is 4.89. The molecule has 1 fully saturated rings. The molecule has 0 saturated carbocycles. The molecule has 9 nitrogen and oxygen atoms in total. The number of nitrogens with one attached hydrogen (secondary N) is 1. The van der Waals surface area contributed by atoms with Crippen molar-refractivity contribution in [1.82, 2.24) is 23.9 Å². The fraction of sp³-hybridized carbons (Fsp3) is 0.409. The lowest BCUT2D eigenvalue weighted by Gasteiger charge is -2.28. The largest absolute Gasteiger partial charge is 0.384 e. The number of carbonyl (C=O) groups excluding carboxylic acids is 2. The first-order valence-electron chi connectivity index (χ1n) is 10.6. The molecule has 1 aromatic carbocycles. The minimum atomic E-state index is -0.482. The lowest BCUT2D eigenvalue weighted by molar-refractivity contribution is -0.129. The topological polar surface area (TPSA) is 140 Å². The van der Waals surface area contributed by atoms with E-state index in [4.69, 9.17) is 11.5 Å². The van der Waals surface area contributed by atoms with E-state index in [0.29, 0.717) is 25.3 Å². The van der Waals surface area contributed by atoms with Gasteiger partial charge in [0, 0.05) is 18.8 Å². The van der Waals surface area contributed by atoms with Gasteiger partial charge in [-0.05, 0) is 61.9 Å². The van der Waals surface area contributed by atoms with E-state index in [1.54, 1.807) is 6.07 Å². The van der Waals surface area contributed by atoms with Gasteiger partial charge in [-0.1, -0.05) is 12.1 Å². The van der Waals surface area contributed by atoms with Crippen LogP contribution in [0.15, 0.2) is 30.3 Å². The predicted molar refractivity (Wildman–Crippen MR) is 124 cm³/mol. The third-order valence-electron chi connectivity index (χ3n) is 6.14. The Morgan fingerprint density at radius 3 is 2.78 bits per heavy atom. The van der Waals surface area contributed by atoms with Gasteiger partial charge in [0.05, 0.1) is 23.8 Å². The van der Waals surface area contributed by atoms with Gasteiger partial charge >= 0.3 is 0 Å². The maximum Gasteiger partial charge on any atom is 0.237 e. The maximum atomic E-state index is 12.9. The Kier molecular flexibility index (Phi) is 6.33. The van der Waals surface area contributed by atoms with Gasteiger partial charge in [-0.15, -0.1) is 0 Å². The van der Waals surface area contributed by atoms with E-state index in [9.17, 15) is 9.59 Å². The van der Waals surface area contributed by atoms with Gasteiger partial charge in [0.1, 0.15) is 16.9 Å². The van der Waals surface area contributed by atoms with Crippen molar-refractivity contribution in [2.24, 2.45) is 11.7 Å². The number of fused-ring (bicyclic) bond motifs is 1. The smallest absolute Gasteiger partial charge is 0.237 e. The third kappa shape index (κ3) is 4.71. The highest BCUT2D eigenvalue weighted by molar-refractivity contribution is 7.00. The van der Waals surface area contributed by atoms with Gasteiger partial charge in [-0.3, -0.25) is 14.5 Å². The van der Waals surface area contributed by atoms with Gasteiger partial charge in [0.15, 0.2) is 0 Å². The Hall–Kier alpha value is -3.11. The number of likely N-dealkylation sites (tertiary alicyclic amines) is 1. The zero-order valence-electron chi connectivity index (χ0n) is 18.1. The molecule has 1 aliphatic rings. The summed E-state index contributed by atoms with van der Waals surface area (Å²) in [6, 6.07) is 8.68. The van der Waals surface area contributed by atoms with Crippen LogP contribution in [0.4, 0.5) is 5.82 Å². The van der Waals surface area contributed by atoms with Crippen LogP contribution in [0.1, 0.15) is 30.2 Å². The van der Waals surface area contributed by atoms with Crippen LogP contribution in [0.5, 0.6) is 0 Å². The number of amides is 2. The Morgan fingerprint density at radius 2 is 2.03 bits per heavy atom. The Bertz CT molecular complexity index is 1150. The molecular weight excluding hydrogens is 426 g/mol. The highest BCUT2D eigenvalue weighted by Gasteiger charge is 2.40. The summed E-state index contributed by atoms with van der Waals surface area (Å²) in [7, 11) is 0. The standard InChI is InChI=1S/C22H27N7O2S/c1-12-16(4-6-20(23)26-12)10-25-22(31)13(2)29-11-15(9-19(29)21(24)30)7-14-3-5-17-18(8-14)28-32-27-17/h3-6,8,13,15,19H,7,9-11H2,1-2H3,(H2,23,26)(H2,24,30)(H,25,31)/t13-,15?,19?/m0/s1. The van der Waals surface area contributed by atoms with Crippen molar-refractivity contribution in [3.8, 4) is 0 Å². The fourth-order valence-electron chi connectivity index (χ4n) is 4.37. The number of nitrogens with zero attached hydrogens (tertiary/aromatic N) is 4. The van der Waals surface area contributed by atoms with Crippen molar-refractivity contribution >= 4 is 40.4 Å². The maximum absolute atomic E-state index is 12.9. The lowest BCUT2D eigenvalue weighted by atomic mass is 9.96. The SMILES string of the molecule is Cc1nc(N)ccc1CNC(=O)[C@H](C)N1CC(Cc2ccc3nsnc3c2)CC1C(N)=O. The highest BCUT2D eigenvalue weighted by Crippen LogP contribution is 2.29. The Labute approximate surface area is 190 Å². The van der Waals surface area contributed by atoms with Crippen molar-refractivity contribution in [2.75, 3.05) is 12.3 Å². The average molecular weight is 454 g/mol. The number of anilines is 1. The number of hydrogen-bond donors (Lipinski definition) is 3. The first-order chi connectivity index (χ1) is 15.3. The molecule has 0 bridgehead atoms. The average Bonchev–Trinajstić information content (AvgIpc) is 3.39. The first-order valence-corrected chi connectivity index (χ1v) is 11.3. The van der Waals surface area contributed by atoms with Crippen LogP contribution in [0.3, 0.4) is 0 Å². The summed E-state index contributed by atoms with van der Waals surface area (Å²) in [5, 5.41) is 2.95. The van der Waals surface area contributed by atoms with E-state index < -0.39 is 18.0 Å². The van der Waals surface area contributed by atoms with Gasteiger partial charge in [-0.25, -0.2) is 4.98 Å². The van der Waals surface area contributed by atoms with Crippen molar-refractivity contribution < 1.29 is 9.59 Å². The molecule has 3 heterocycles. The predicted octanol–water partition coefficient (Wildman–Crippen LogP) is 1.40. The monoisotopic (exact) mass is 453 g/mol. The van der Waals surface area contributed by atoms with Gasteiger partial charge in [0.2, 0.25) is 11.8 Å². The summed E-state index contributed by atoms with van der Waals surface area (Å²) in [5.74, 6) is 0.117. The van der Waals surface area contributed by atoms with E-state index in [-0.39, 0.29) is 11.8 Å². The third-order valence-corrected chi connectivity index (χ3v) is 6.70.